The smallest absolute Gasteiger partial charge is 0.162 e. The van der Waals surface area contributed by atoms with E-state index in [-0.39, 0.29) is 30.0 Å². The van der Waals surface area contributed by atoms with Crippen molar-refractivity contribution < 1.29 is 24.8 Å². The molecule has 2 aromatic carbocycles. The van der Waals surface area contributed by atoms with Crippen molar-refractivity contribution in [3.8, 4) is 41.1 Å². The number of hydrogen-bond acceptors (Lipinski definition) is 5. The lowest BCUT2D eigenvalue weighted by molar-refractivity contribution is 0.137. The van der Waals surface area contributed by atoms with Crippen LogP contribution in [0.15, 0.2) is 30.3 Å². The molecule has 1 aliphatic heterocycles. The molecule has 1 heterocycles. The van der Waals surface area contributed by atoms with E-state index in [0.29, 0.717) is 17.4 Å². The first-order valence-electron chi connectivity index (χ1n) is 8.39. The number of ether oxygens (including phenoxy) is 2. The summed E-state index contributed by atoms with van der Waals surface area (Å²) in [6, 6.07) is 8.09. The molecule has 0 aromatic heterocycles. The Morgan fingerprint density at radius 1 is 1.15 bits per heavy atom. The number of rotatable bonds is 2. The van der Waals surface area contributed by atoms with Gasteiger partial charge in [-0.2, -0.15) is 0 Å². The van der Waals surface area contributed by atoms with Crippen LogP contribution in [-0.2, 0) is 6.42 Å². The van der Waals surface area contributed by atoms with Gasteiger partial charge in [0.25, 0.3) is 0 Å². The van der Waals surface area contributed by atoms with E-state index >= 15 is 0 Å². The van der Waals surface area contributed by atoms with Crippen LogP contribution in [0.5, 0.6) is 28.7 Å². The van der Waals surface area contributed by atoms with Crippen LogP contribution in [-0.4, -0.2) is 28.0 Å². The summed E-state index contributed by atoms with van der Waals surface area (Å²) in [7, 11) is 0. The molecule has 5 heteroatoms. The predicted molar refractivity (Wildman–Crippen MR) is 99.9 cm³/mol. The fourth-order valence-electron chi connectivity index (χ4n) is 2.60. The molecule has 0 fully saturated rings. The molecule has 0 saturated carbocycles. The minimum absolute atomic E-state index is 0.0444. The zero-order chi connectivity index (χ0) is 19.3. The number of terminal acetylenes is 1. The van der Waals surface area contributed by atoms with Gasteiger partial charge < -0.3 is 24.8 Å². The van der Waals surface area contributed by atoms with Gasteiger partial charge >= 0.3 is 0 Å². The van der Waals surface area contributed by atoms with Crippen molar-refractivity contribution in [2.24, 2.45) is 5.92 Å². The highest BCUT2D eigenvalue weighted by molar-refractivity contribution is 5.50. The Morgan fingerprint density at radius 2 is 1.88 bits per heavy atom. The van der Waals surface area contributed by atoms with Gasteiger partial charge in [0.2, 0.25) is 0 Å². The Morgan fingerprint density at radius 3 is 2.54 bits per heavy atom. The molecule has 2 unspecified atom stereocenters. The van der Waals surface area contributed by atoms with Crippen molar-refractivity contribution in [2.75, 3.05) is 6.61 Å². The standard InChI is InChI=1S/C11H14O3.C10H10O2/c1-6-3-9-10(13)4-8(12)5-11(9)14-7(6)2;1-3-6-12-10-5-4-8(2)7-9(10)11/h4-7,12-13H,3H2,1-2H3;1,4-5,7,11H,6H2,2H3. The molecule has 2 aromatic rings. The maximum absolute atomic E-state index is 9.60. The fourth-order valence-corrected chi connectivity index (χ4v) is 2.60. The second kappa shape index (κ2) is 8.39. The van der Waals surface area contributed by atoms with Gasteiger partial charge in [0.1, 0.15) is 23.9 Å². The van der Waals surface area contributed by atoms with Crippen molar-refractivity contribution in [3.05, 3.63) is 41.5 Å². The first-order chi connectivity index (χ1) is 12.3. The summed E-state index contributed by atoms with van der Waals surface area (Å²) < 4.78 is 10.6. The number of aromatic hydroxyl groups is 3. The van der Waals surface area contributed by atoms with Gasteiger partial charge in [-0.25, -0.2) is 0 Å². The minimum atomic E-state index is 0.0444. The summed E-state index contributed by atoms with van der Waals surface area (Å²) in [4.78, 5) is 0. The zero-order valence-corrected chi connectivity index (χ0v) is 15.2. The van der Waals surface area contributed by atoms with E-state index in [1.54, 1.807) is 18.2 Å². The lowest BCUT2D eigenvalue weighted by Gasteiger charge is -2.29. The lowest BCUT2D eigenvalue weighted by atomic mass is 9.92. The maximum Gasteiger partial charge on any atom is 0.162 e. The number of phenols is 3. The van der Waals surface area contributed by atoms with Crippen LogP contribution in [0.2, 0.25) is 0 Å². The van der Waals surface area contributed by atoms with Crippen molar-refractivity contribution in [1.82, 2.24) is 0 Å². The van der Waals surface area contributed by atoms with Crippen molar-refractivity contribution in [2.45, 2.75) is 33.3 Å². The summed E-state index contributed by atoms with van der Waals surface area (Å²) in [5.74, 6) is 4.04. The number of fused-ring (bicyclic) bond motifs is 1. The lowest BCUT2D eigenvalue weighted by Crippen LogP contribution is -2.27. The van der Waals surface area contributed by atoms with Crippen LogP contribution in [0.4, 0.5) is 0 Å². The third-order valence-electron chi connectivity index (χ3n) is 4.24. The van der Waals surface area contributed by atoms with E-state index < -0.39 is 0 Å². The quantitative estimate of drug-likeness (QED) is 0.714. The van der Waals surface area contributed by atoms with E-state index in [4.69, 9.17) is 15.9 Å². The molecule has 0 spiro atoms. The molecular formula is C21H24O5. The maximum atomic E-state index is 9.60. The molecule has 138 valence electrons. The Kier molecular flexibility index (Phi) is 6.24. The van der Waals surface area contributed by atoms with Crippen molar-refractivity contribution >= 4 is 0 Å². The number of hydrogen-bond donors (Lipinski definition) is 3. The molecule has 26 heavy (non-hydrogen) atoms. The third-order valence-corrected chi connectivity index (χ3v) is 4.24. The molecule has 0 aliphatic carbocycles. The molecule has 0 bridgehead atoms. The fraction of sp³-hybridized carbons (Fsp3) is 0.333. The summed E-state index contributed by atoms with van der Waals surface area (Å²) in [6.45, 7) is 6.15. The molecule has 5 nitrogen and oxygen atoms in total. The second-order valence-corrected chi connectivity index (χ2v) is 6.41. The third kappa shape index (κ3) is 4.76. The van der Waals surface area contributed by atoms with E-state index in [9.17, 15) is 15.3 Å². The van der Waals surface area contributed by atoms with E-state index in [0.717, 1.165) is 17.5 Å². The average molecular weight is 356 g/mol. The predicted octanol–water partition coefficient (Wildman–Crippen LogP) is 3.77. The van der Waals surface area contributed by atoms with Gasteiger partial charge in [-0.05, 0) is 43.9 Å². The minimum Gasteiger partial charge on any atom is -0.508 e. The van der Waals surface area contributed by atoms with E-state index in [1.807, 2.05) is 19.9 Å². The summed E-state index contributed by atoms with van der Waals surface area (Å²) in [5, 5.41) is 28.2. The molecule has 0 amide bonds. The normalized spacial score (nSPS) is 17.8. The van der Waals surface area contributed by atoms with Gasteiger partial charge in [-0.1, -0.05) is 18.9 Å². The molecule has 3 rings (SSSR count). The topological polar surface area (TPSA) is 79.2 Å². The summed E-state index contributed by atoms with van der Waals surface area (Å²) in [6.07, 6.45) is 5.92. The Bertz CT molecular complexity index is 807. The molecule has 0 saturated heterocycles. The van der Waals surface area contributed by atoms with Gasteiger partial charge in [0.05, 0.1) is 6.10 Å². The van der Waals surface area contributed by atoms with Gasteiger partial charge in [0.15, 0.2) is 11.5 Å². The number of benzene rings is 2. The second-order valence-electron chi connectivity index (χ2n) is 6.41. The number of phenolic OH excluding ortho intramolecular Hbond substituents is 3. The Labute approximate surface area is 153 Å². The van der Waals surface area contributed by atoms with Crippen LogP contribution >= 0.6 is 0 Å². The molecule has 1 aliphatic rings. The Balaban J connectivity index is 0.000000190. The summed E-state index contributed by atoms with van der Waals surface area (Å²) in [5.41, 5.74) is 1.79. The van der Waals surface area contributed by atoms with Gasteiger partial charge in [-0.15, -0.1) is 6.42 Å². The van der Waals surface area contributed by atoms with E-state index in [2.05, 4.69) is 12.8 Å². The van der Waals surface area contributed by atoms with Crippen molar-refractivity contribution in [3.63, 3.8) is 0 Å². The highest BCUT2D eigenvalue weighted by Crippen LogP contribution is 2.39. The largest absolute Gasteiger partial charge is 0.508 e. The SMILES string of the molecule is C#CCOc1ccc(C)cc1O.CC1Cc2c(O)cc(O)cc2OC1C. The van der Waals surface area contributed by atoms with Crippen LogP contribution < -0.4 is 9.47 Å². The highest BCUT2D eigenvalue weighted by Gasteiger charge is 2.25. The van der Waals surface area contributed by atoms with Crippen LogP contribution in [0, 0.1) is 25.2 Å². The Hall–Kier alpha value is -3.00. The van der Waals surface area contributed by atoms with Gasteiger partial charge in [0, 0.05) is 17.7 Å². The van der Waals surface area contributed by atoms with Crippen LogP contribution in [0.25, 0.3) is 0 Å². The molecule has 0 radical (unpaired) electrons. The summed E-state index contributed by atoms with van der Waals surface area (Å²) >= 11 is 0. The van der Waals surface area contributed by atoms with Gasteiger partial charge in [-0.3, -0.25) is 0 Å². The zero-order valence-electron chi connectivity index (χ0n) is 15.2. The number of aryl methyl sites for hydroxylation is 1. The molecule has 2 atom stereocenters. The average Bonchev–Trinajstić information content (AvgIpc) is 2.57. The molecule has 3 N–H and O–H groups in total. The monoisotopic (exact) mass is 356 g/mol. The first-order valence-corrected chi connectivity index (χ1v) is 8.39. The van der Waals surface area contributed by atoms with Crippen molar-refractivity contribution in [1.29, 1.82) is 0 Å². The first kappa shape index (κ1) is 19.3. The molecular weight excluding hydrogens is 332 g/mol. The van der Waals surface area contributed by atoms with E-state index in [1.165, 1.54) is 6.07 Å². The van der Waals surface area contributed by atoms with Crippen LogP contribution in [0.3, 0.4) is 0 Å². The highest BCUT2D eigenvalue weighted by atomic mass is 16.5. The van der Waals surface area contributed by atoms with Crippen LogP contribution in [0.1, 0.15) is 25.0 Å².